The second-order valence-corrected chi connectivity index (χ2v) is 8.87. The third-order valence-corrected chi connectivity index (χ3v) is 6.48. The van der Waals surface area contributed by atoms with Gasteiger partial charge in [0.15, 0.2) is 0 Å². The van der Waals surface area contributed by atoms with Crippen LogP contribution in [0.25, 0.3) is 0 Å². The highest BCUT2D eigenvalue weighted by Crippen LogP contribution is 2.45. The van der Waals surface area contributed by atoms with E-state index in [1.165, 1.54) is 6.07 Å². The summed E-state index contributed by atoms with van der Waals surface area (Å²) in [6.45, 7) is 6.30. The van der Waals surface area contributed by atoms with Crippen LogP contribution >= 0.6 is 0 Å². The molecule has 1 saturated carbocycles. The number of para-hydroxylation sites is 1. The lowest BCUT2D eigenvalue weighted by molar-refractivity contribution is -0.385. The first-order valence-corrected chi connectivity index (χ1v) is 11.7. The summed E-state index contributed by atoms with van der Waals surface area (Å²) in [6.07, 6.45) is 7.05. The number of nitrogens with zero attached hydrogens (tertiary/aromatic N) is 2. The van der Waals surface area contributed by atoms with Gasteiger partial charge in [0, 0.05) is 41.2 Å². The molecule has 1 unspecified atom stereocenters. The number of nitrogens with one attached hydrogen (secondary N) is 1. The third kappa shape index (κ3) is 5.43. The molecule has 8 nitrogen and oxygen atoms in total. The first-order chi connectivity index (χ1) is 15.8. The Kier molecular flexibility index (Phi) is 7.89. The molecule has 0 spiro atoms. The van der Waals surface area contributed by atoms with Crippen molar-refractivity contribution in [3.63, 3.8) is 0 Å². The summed E-state index contributed by atoms with van der Waals surface area (Å²) in [5, 5.41) is 24.9. The van der Waals surface area contributed by atoms with E-state index >= 15 is 0 Å². The molecule has 33 heavy (non-hydrogen) atoms. The quantitative estimate of drug-likeness (QED) is 0.279. The van der Waals surface area contributed by atoms with E-state index in [2.05, 4.69) is 12.2 Å². The number of allylic oxidation sites excluding steroid dienone is 2. The highest BCUT2D eigenvalue weighted by molar-refractivity contribution is 6.02. The van der Waals surface area contributed by atoms with Crippen molar-refractivity contribution in [2.24, 2.45) is 0 Å². The van der Waals surface area contributed by atoms with Gasteiger partial charge in [-0.3, -0.25) is 14.9 Å². The molecule has 1 atom stereocenters. The van der Waals surface area contributed by atoms with Crippen molar-refractivity contribution in [3.05, 3.63) is 62.5 Å². The second-order valence-electron chi connectivity index (χ2n) is 8.87. The molecule has 1 aromatic rings. The van der Waals surface area contributed by atoms with Crippen molar-refractivity contribution in [2.75, 3.05) is 6.54 Å². The van der Waals surface area contributed by atoms with Gasteiger partial charge in [-0.05, 0) is 33.1 Å². The molecule has 0 bridgehead atoms. The number of hydrogen-bond acceptors (Lipinski definition) is 5. The summed E-state index contributed by atoms with van der Waals surface area (Å²) in [4.78, 5) is 39.0. The summed E-state index contributed by atoms with van der Waals surface area (Å²) in [6, 6.07) is 6.17. The molecule has 8 heteroatoms. The number of rotatable bonds is 11. The van der Waals surface area contributed by atoms with Gasteiger partial charge in [-0.25, -0.2) is 4.79 Å². The Morgan fingerprint density at radius 1 is 1.09 bits per heavy atom. The summed E-state index contributed by atoms with van der Waals surface area (Å²) >= 11 is 0. The Labute approximate surface area is 194 Å². The maximum absolute atomic E-state index is 13.4. The van der Waals surface area contributed by atoms with Gasteiger partial charge >= 0.3 is 5.97 Å². The van der Waals surface area contributed by atoms with E-state index in [0.29, 0.717) is 17.9 Å². The zero-order chi connectivity index (χ0) is 24.1. The van der Waals surface area contributed by atoms with Crippen molar-refractivity contribution < 1.29 is 19.6 Å². The summed E-state index contributed by atoms with van der Waals surface area (Å²) in [5.74, 6) is -2.53. The minimum atomic E-state index is -1.17. The number of nitro benzene ring substituents is 1. The number of carboxylic acids is 1. The van der Waals surface area contributed by atoms with Crippen LogP contribution in [-0.4, -0.2) is 39.4 Å². The standard InChI is InChI=1S/C25H33N3O5/c1-4-5-6-7-10-15-27-16(2)21(24(29)26-18-13-14-18)23(22(17(27)3)25(30)31)19-11-8-9-12-20(19)28(32)33/h8-9,11-12,18,23H,4-7,10,13-15H2,1-3H3,(H,26,29)(H,30,31). The molecule has 1 amide bonds. The van der Waals surface area contributed by atoms with E-state index in [1.807, 2.05) is 11.8 Å². The van der Waals surface area contributed by atoms with E-state index in [-0.39, 0.29) is 34.3 Å². The van der Waals surface area contributed by atoms with Crippen LogP contribution in [-0.2, 0) is 9.59 Å². The maximum atomic E-state index is 13.4. The maximum Gasteiger partial charge on any atom is 0.334 e. The van der Waals surface area contributed by atoms with Gasteiger partial charge in [-0.2, -0.15) is 0 Å². The summed E-state index contributed by atoms with van der Waals surface area (Å²) in [7, 11) is 0. The monoisotopic (exact) mass is 455 g/mol. The van der Waals surface area contributed by atoms with Crippen LogP contribution in [0.1, 0.15) is 77.2 Å². The van der Waals surface area contributed by atoms with Gasteiger partial charge < -0.3 is 15.3 Å². The van der Waals surface area contributed by atoms with Crippen LogP contribution in [0.2, 0.25) is 0 Å². The molecule has 1 aromatic carbocycles. The van der Waals surface area contributed by atoms with Crippen molar-refractivity contribution in [1.29, 1.82) is 0 Å². The van der Waals surface area contributed by atoms with Crippen molar-refractivity contribution >= 4 is 17.6 Å². The van der Waals surface area contributed by atoms with Crippen molar-refractivity contribution in [2.45, 2.75) is 77.7 Å². The van der Waals surface area contributed by atoms with E-state index < -0.39 is 16.8 Å². The number of nitro groups is 1. The molecule has 3 rings (SSSR count). The Morgan fingerprint density at radius 2 is 1.73 bits per heavy atom. The van der Waals surface area contributed by atoms with Crippen LogP contribution in [0.5, 0.6) is 0 Å². The smallest absolute Gasteiger partial charge is 0.334 e. The number of carbonyl (C=O) groups excluding carboxylic acids is 1. The predicted octanol–water partition coefficient (Wildman–Crippen LogP) is 4.88. The number of carboxylic acid groups (broad SMARTS) is 1. The molecule has 2 aliphatic rings. The zero-order valence-electron chi connectivity index (χ0n) is 19.6. The number of amides is 1. The lowest BCUT2D eigenvalue weighted by Crippen LogP contribution is -2.39. The molecule has 1 heterocycles. The van der Waals surface area contributed by atoms with Gasteiger partial charge in [0.05, 0.1) is 16.4 Å². The number of unbranched alkanes of at least 4 members (excludes halogenated alkanes) is 4. The highest BCUT2D eigenvalue weighted by Gasteiger charge is 2.42. The number of hydrogen-bond donors (Lipinski definition) is 2. The Hall–Kier alpha value is -3.16. The van der Waals surface area contributed by atoms with Gasteiger partial charge in [-0.15, -0.1) is 0 Å². The molecule has 0 aromatic heterocycles. The second kappa shape index (κ2) is 10.6. The molecule has 1 fully saturated rings. The zero-order valence-corrected chi connectivity index (χ0v) is 19.6. The van der Waals surface area contributed by atoms with E-state index in [4.69, 9.17) is 0 Å². The van der Waals surface area contributed by atoms with Crippen LogP contribution in [0.15, 0.2) is 46.8 Å². The lowest BCUT2D eigenvalue weighted by Gasteiger charge is -2.37. The normalized spacial score (nSPS) is 18.5. The van der Waals surface area contributed by atoms with Crippen LogP contribution < -0.4 is 5.32 Å². The minimum Gasteiger partial charge on any atom is -0.478 e. The van der Waals surface area contributed by atoms with Crippen molar-refractivity contribution in [1.82, 2.24) is 10.2 Å². The minimum absolute atomic E-state index is 0.0180. The SMILES string of the molecule is CCCCCCCN1C(C)=C(C(=O)O)C(c2ccccc2[N+](=O)[O-])C(C(=O)NC2CC2)=C1C. The molecule has 0 radical (unpaired) electrons. The fraction of sp³-hybridized carbons (Fsp3) is 0.520. The van der Waals surface area contributed by atoms with Crippen LogP contribution in [0, 0.1) is 10.1 Å². The molecule has 178 valence electrons. The lowest BCUT2D eigenvalue weighted by atomic mass is 9.78. The topological polar surface area (TPSA) is 113 Å². The average molecular weight is 456 g/mol. The van der Waals surface area contributed by atoms with Gasteiger partial charge in [-0.1, -0.05) is 50.8 Å². The number of benzene rings is 1. The summed E-state index contributed by atoms with van der Waals surface area (Å²) < 4.78 is 0. The van der Waals surface area contributed by atoms with Gasteiger partial charge in [0.25, 0.3) is 5.69 Å². The number of aliphatic carboxylic acids is 1. The first kappa shape index (κ1) is 24.5. The molecule has 2 N–H and O–H groups in total. The van der Waals surface area contributed by atoms with Crippen LogP contribution in [0.3, 0.4) is 0 Å². The summed E-state index contributed by atoms with van der Waals surface area (Å²) in [5.41, 5.74) is 1.53. The largest absolute Gasteiger partial charge is 0.478 e. The molecular weight excluding hydrogens is 422 g/mol. The number of carbonyl (C=O) groups is 2. The highest BCUT2D eigenvalue weighted by atomic mass is 16.6. The van der Waals surface area contributed by atoms with Crippen LogP contribution in [0.4, 0.5) is 5.69 Å². The van der Waals surface area contributed by atoms with Gasteiger partial charge in [0.1, 0.15) is 0 Å². The Balaban J connectivity index is 2.10. The Morgan fingerprint density at radius 3 is 2.33 bits per heavy atom. The van der Waals surface area contributed by atoms with E-state index in [9.17, 15) is 24.8 Å². The van der Waals surface area contributed by atoms with Crippen molar-refractivity contribution in [3.8, 4) is 0 Å². The fourth-order valence-corrected chi connectivity index (χ4v) is 4.59. The Bertz CT molecular complexity index is 994. The molecule has 1 aliphatic heterocycles. The predicted molar refractivity (Wildman–Crippen MR) is 126 cm³/mol. The molecular formula is C25H33N3O5. The first-order valence-electron chi connectivity index (χ1n) is 11.7. The van der Waals surface area contributed by atoms with E-state index in [0.717, 1.165) is 44.9 Å². The van der Waals surface area contributed by atoms with E-state index in [1.54, 1.807) is 25.1 Å². The molecule has 1 aliphatic carbocycles. The third-order valence-electron chi connectivity index (χ3n) is 6.48. The fourth-order valence-electron chi connectivity index (χ4n) is 4.59. The molecule has 0 saturated heterocycles. The van der Waals surface area contributed by atoms with Gasteiger partial charge in [0.2, 0.25) is 5.91 Å². The average Bonchev–Trinajstić information content (AvgIpc) is 3.58.